The van der Waals surface area contributed by atoms with Crippen molar-refractivity contribution < 1.29 is 19.0 Å². The number of carbonyl (C=O) groups excluding carboxylic acids is 1. The van der Waals surface area contributed by atoms with Crippen LogP contribution in [0.3, 0.4) is 0 Å². The van der Waals surface area contributed by atoms with Gasteiger partial charge in [0.25, 0.3) is 0 Å². The predicted octanol–water partition coefficient (Wildman–Crippen LogP) is 4.30. The Morgan fingerprint density at radius 2 is 1.70 bits per heavy atom. The monoisotopic (exact) mass is 427 g/mol. The number of aryl methyl sites for hydroxylation is 1. The summed E-state index contributed by atoms with van der Waals surface area (Å²) in [5, 5.41) is 8.96. The van der Waals surface area contributed by atoms with Gasteiger partial charge in [0, 0.05) is 17.3 Å². The van der Waals surface area contributed by atoms with Crippen LogP contribution >= 0.6 is 11.8 Å². The molecule has 3 aromatic rings. The van der Waals surface area contributed by atoms with Crippen molar-refractivity contribution in [3.8, 4) is 28.6 Å². The van der Waals surface area contributed by atoms with Crippen molar-refractivity contribution in [1.29, 1.82) is 0 Å². The van der Waals surface area contributed by atoms with Gasteiger partial charge < -0.3 is 14.2 Å². The summed E-state index contributed by atoms with van der Waals surface area (Å²) in [5.74, 6) is 1.63. The third kappa shape index (κ3) is 4.76. The van der Waals surface area contributed by atoms with Gasteiger partial charge in [-0.3, -0.25) is 9.36 Å². The van der Waals surface area contributed by atoms with Crippen molar-refractivity contribution in [1.82, 2.24) is 14.8 Å². The third-order valence-electron chi connectivity index (χ3n) is 4.44. The zero-order valence-electron chi connectivity index (χ0n) is 17.7. The highest BCUT2D eigenvalue weighted by Gasteiger charge is 2.23. The second-order valence-electron chi connectivity index (χ2n) is 6.59. The second-order valence-corrected chi connectivity index (χ2v) is 7.90. The first kappa shape index (κ1) is 21.7. The van der Waals surface area contributed by atoms with E-state index in [4.69, 9.17) is 14.2 Å². The Bertz CT molecular complexity index is 995. The van der Waals surface area contributed by atoms with E-state index in [1.165, 1.54) is 11.8 Å². The molecular formula is C22H25N3O4S. The van der Waals surface area contributed by atoms with Gasteiger partial charge in [0.2, 0.25) is 0 Å². The van der Waals surface area contributed by atoms with E-state index in [2.05, 4.69) is 10.2 Å². The molecule has 0 spiro atoms. The minimum absolute atomic E-state index is 0.287. The van der Waals surface area contributed by atoms with Gasteiger partial charge in [0.15, 0.2) is 11.0 Å². The highest BCUT2D eigenvalue weighted by atomic mass is 32.2. The predicted molar refractivity (Wildman–Crippen MR) is 117 cm³/mol. The molecule has 3 rings (SSSR count). The van der Waals surface area contributed by atoms with E-state index in [0.717, 1.165) is 16.8 Å². The summed E-state index contributed by atoms with van der Waals surface area (Å²) in [7, 11) is 3.21. The smallest absolute Gasteiger partial charge is 0.319 e. The number of nitrogens with zero attached hydrogens (tertiary/aromatic N) is 3. The van der Waals surface area contributed by atoms with E-state index < -0.39 is 5.25 Å². The van der Waals surface area contributed by atoms with Gasteiger partial charge in [-0.05, 0) is 45.0 Å². The molecule has 0 aliphatic heterocycles. The Morgan fingerprint density at radius 3 is 2.27 bits per heavy atom. The van der Waals surface area contributed by atoms with Crippen LogP contribution in [0, 0.1) is 6.92 Å². The van der Waals surface area contributed by atoms with Crippen LogP contribution < -0.4 is 9.47 Å². The lowest BCUT2D eigenvalue weighted by Gasteiger charge is -2.14. The second kappa shape index (κ2) is 9.67. The SMILES string of the molecule is CCOC(=O)C(C)Sc1nnc(-c2cc(OC)cc(OC)c2)n1-c1ccc(C)cc1. The molecule has 0 radical (unpaired) electrons. The standard InChI is InChI=1S/C22H25N3O4S/c1-6-29-21(26)15(3)30-22-24-23-20(25(22)17-9-7-14(2)8-10-17)16-11-18(27-4)13-19(12-16)28-5/h7-13,15H,6H2,1-5H3. The van der Waals surface area contributed by atoms with Gasteiger partial charge in [-0.1, -0.05) is 29.5 Å². The van der Waals surface area contributed by atoms with E-state index in [-0.39, 0.29) is 5.97 Å². The molecule has 1 atom stereocenters. The molecule has 2 aromatic carbocycles. The summed E-state index contributed by atoms with van der Waals surface area (Å²) >= 11 is 1.31. The van der Waals surface area contributed by atoms with Crippen LogP contribution in [-0.4, -0.2) is 46.8 Å². The number of hydrogen-bond acceptors (Lipinski definition) is 7. The van der Waals surface area contributed by atoms with Crippen molar-refractivity contribution in [3.63, 3.8) is 0 Å². The topological polar surface area (TPSA) is 75.5 Å². The number of hydrogen-bond donors (Lipinski definition) is 0. The summed E-state index contributed by atoms with van der Waals surface area (Å²) in [5.41, 5.74) is 2.82. The minimum atomic E-state index is -0.425. The van der Waals surface area contributed by atoms with Crippen LogP contribution in [0.1, 0.15) is 19.4 Å². The van der Waals surface area contributed by atoms with E-state index >= 15 is 0 Å². The van der Waals surface area contributed by atoms with Crippen LogP contribution in [0.5, 0.6) is 11.5 Å². The Labute approximate surface area is 180 Å². The fourth-order valence-electron chi connectivity index (χ4n) is 2.86. The largest absolute Gasteiger partial charge is 0.497 e. The van der Waals surface area contributed by atoms with Crippen molar-refractivity contribution >= 4 is 17.7 Å². The Hall–Kier alpha value is -3.00. The summed E-state index contributed by atoms with van der Waals surface area (Å²) in [4.78, 5) is 12.2. The van der Waals surface area contributed by atoms with Crippen molar-refractivity contribution in [3.05, 3.63) is 48.0 Å². The maximum atomic E-state index is 12.2. The molecular weight excluding hydrogens is 402 g/mol. The highest BCUT2D eigenvalue weighted by Crippen LogP contribution is 2.34. The van der Waals surface area contributed by atoms with E-state index in [0.29, 0.717) is 29.1 Å². The Morgan fingerprint density at radius 1 is 1.07 bits per heavy atom. The zero-order chi connectivity index (χ0) is 21.7. The molecule has 1 heterocycles. The quantitative estimate of drug-likeness (QED) is 0.392. The van der Waals surface area contributed by atoms with Gasteiger partial charge in [0.05, 0.1) is 20.8 Å². The molecule has 0 amide bonds. The van der Waals surface area contributed by atoms with Crippen molar-refractivity contribution in [2.24, 2.45) is 0 Å². The van der Waals surface area contributed by atoms with Crippen LogP contribution in [0.4, 0.5) is 0 Å². The lowest BCUT2D eigenvalue weighted by Crippen LogP contribution is -2.17. The Balaban J connectivity index is 2.11. The normalized spacial score (nSPS) is 11.8. The molecule has 0 saturated heterocycles. The number of aromatic nitrogens is 3. The molecule has 8 heteroatoms. The van der Waals surface area contributed by atoms with Crippen LogP contribution in [-0.2, 0) is 9.53 Å². The van der Waals surface area contributed by atoms with E-state index in [9.17, 15) is 4.79 Å². The average Bonchev–Trinajstić information content (AvgIpc) is 3.17. The van der Waals surface area contributed by atoms with Crippen molar-refractivity contribution in [2.75, 3.05) is 20.8 Å². The number of rotatable bonds is 8. The first-order valence-corrected chi connectivity index (χ1v) is 10.4. The van der Waals surface area contributed by atoms with Gasteiger partial charge in [-0.2, -0.15) is 0 Å². The highest BCUT2D eigenvalue weighted by molar-refractivity contribution is 8.00. The first-order chi connectivity index (χ1) is 14.5. The van der Waals surface area contributed by atoms with Gasteiger partial charge in [-0.25, -0.2) is 0 Å². The summed E-state index contributed by atoms with van der Waals surface area (Å²) in [6.45, 7) is 5.95. The molecule has 0 aliphatic carbocycles. The summed E-state index contributed by atoms with van der Waals surface area (Å²) in [6, 6.07) is 13.6. The van der Waals surface area contributed by atoms with Crippen LogP contribution in [0.25, 0.3) is 17.1 Å². The molecule has 1 aromatic heterocycles. The van der Waals surface area contributed by atoms with Gasteiger partial charge in [0.1, 0.15) is 16.7 Å². The maximum absolute atomic E-state index is 12.2. The van der Waals surface area contributed by atoms with E-state index in [1.54, 1.807) is 34.1 Å². The molecule has 0 aliphatic rings. The number of methoxy groups -OCH3 is 2. The number of ether oxygens (including phenoxy) is 3. The fraction of sp³-hybridized carbons (Fsp3) is 0.318. The number of esters is 1. The first-order valence-electron chi connectivity index (χ1n) is 9.56. The number of benzene rings is 2. The minimum Gasteiger partial charge on any atom is -0.497 e. The molecule has 30 heavy (non-hydrogen) atoms. The maximum Gasteiger partial charge on any atom is 0.319 e. The van der Waals surface area contributed by atoms with Crippen LogP contribution in [0.2, 0.25) is 0 Å². The molecule has 0 fully saturated rings. The summed E-state index contributed by atoms with van der Waals surface area (Å²) in [6.07, 6.45) is 0. The third-order valence-corrected chi connectivity index (χ3v) is 5.46. The van der Waals surface area contributed by atoms with E-state index in [1.807, 2.05) is 47.9 Å². The number of thioether (sulfide) groups is 1. The molecule has 7 nitrogen and oxygen atoms in total. The van der Waals surface area contributed by atoms with Crippen molar-refractivity contribution in [2.45, 2.75) is 31.2 Å². The zero-order valence-corrected chi connectivity index (χ0v) is 18.5. The fourth-order valence-corrected chi connectivity index (χ4v) is 3.73. The average molecular weight is 428 g/mol. The van der Waals surface area contributed by atoms with Crippen LogP contribution in [0.15, 0.2) is 47.6 Å². The summed E-state index contributed by atoms with van der Waals surface area (Å²) < 4.78 is 17.9. The van der Waals surface area contributed by atoms with Gasteiger partial charge in [-0.15, -0.1) is 10.2 Å². The Kier molecular flexibility index (Phi) is 6.99. The lowest BCUT2D eigenvalue weighted by molar-refractivity contribution is -0.142. The molecule has 0 saturated carbocycles. The van der Waals surface area contributed by atoms with Gasteiger partial charge >= 0.3 is 5.97 Å². The molecule has 1 unspecified atom stereocenters. The lowest BCUT2D eigenvalue weighted by atomic mass is 10.1. The number of carbonyl (C=O) groups is 1. The molecule has 0 N–H and O–H groups in total. The molecule has 158 valence electrons. The molecule has 0 bridgehead atoms.